The Hall–Kier alpha value is -2.15. The summed E-state index contributed by atoms with van der Waals surface area (Å²) in [7, 11) is 0. The Kier molecular flexibility index (Phi) is 4.80. The van der Waals surface area contributed by atoms with E-state index in [9.17, 15) is 9.90 Å². The molecule has 1 fully saturated rings. The second-order valence-corrected chi connectivity index (χ2v) is 8.03. The number of aliphatic carboxylic acids is 1. The summed E-state index contributed by atoms with van der Waals surface area (Å²) in [6, 6.07) is 15.8. The van der Waals surface area contributed by atoms with E-state index >= 15 is 0 Å². The maximum atomic E-state index is 11.8. The summed E-state index contributed by atoms with van der Waals surface area (Å²) in [6.45, 7) is 4.16. The predicted octanol–water partition coefficient (Wildman–Crippen LogP) is 3.70. The number of aryl methyl sites for hydroxylation is 2. The molecular weight excluding hydrogens is 406 g/mol. The Morgan fingerprint density at radius 1 is 1.19 bits per heavy atom. The third-order valence-corrected chi connectivity index (χ3v) is 6.13. The van der Waals surface area contributed by atoms with Crippen LogP contribution in [0.5, 0.6) is 0 Å². The van der Waals surface area contributed by atoms with E-state index in [-0.39, 0.29) is 12.2 Å². The van der Waals surface area contributed by atoms with Crippen molar-refractivity contribution in [3.8, 4) is 0 Å². The van der Waals surface area contributed by atoms with Crippen LogP contribution in [0.4, 0.5) is 0 Å². The first kappa shape index (κ1) is 18.2. The lowest BCUT2D eigenvalue weighted by molar-refractivity contribution is -0.142. The fourth-order valence-electron chi connectivity index (χ4n) is 3.97. The molecule has 0 amide bonds. The highest BCUT2D eigenvalue weighted by atomic mass is 79.9. The maximum absolute atomic E-state index is 11.8. The van der Waals surface area contributed by atoms with Crippen molar-refractivity contribution in [3.05, 3.63) is 75.3 Å². The lowest BCUT2D eigenvalue weighted by Crippen LogP contribution is -2.59. The van der Waals surface area contributed by atoms with E-state index in [0.29, 0.717) is 6.42 Å². The van der Waals surface area contributed by atoms with Gasteiger partial charge >= 0.3 is 5.97 Å². The molecule has 0 bridgehead atoms. The predicted molar refractivity (Wildman–Crippen MR) is 109 cm³/mol. The zero-order chi connectivity index (χ0) is 19.1. The van der Waals surface area contributed by atoms with Crippen LogP contribution < -0.4 is 10.7 Å². The number of hydrogen-bond donors (Lipinski definition) is 3. The second-order valence-electron chi connectivity index (χ2n) is 7.18. The molecule has 27 heavy (non-hydrogen) atoms. The molecule has 2 heterocycles. The summed E-state index contributed by atoms with van der Waals surface area (Å²) in [6.07, 6.45) is 0.256. The van der Waals surface area contributed by atoms with Gasteiger partial charge in [-0.3, -0.25) is 10.1 Å². The molecule has 2 aromatic carbocycles. The number of benzene rings is 2. The van der Waals surface area contributed by atoms with Gasteiger partial charge in [0.2, 0.25) is 0 Å². The van der Waals surface area contributed by atoms with Crippen LogP contribution in [0.3, 0.4) is 0 Å². The third kappa shape index (κ3) is 3.29. The molecule has 6 heteroatoms. The van der Waals surface area contributed by atoms with Crippen molar-refractivity contribution in [3.63, 3.8) is 0 Å². The molecule has 0 saturated carbocycles. The highest BCUT2D eigenvalue weighted by Crippen LogP contribution is 2.41. The zero-order valence-electron chi connectivity index (χ0n) is 15.2. The molecule has 3 N–H and O–H groups in total. The number of carbonyl (C=O) groups is 1. The molecule has 2 aromatic rings. The van der Waals surface area contributed by atoms with Crippen LogP contribution in [-0.2, 0) is 4.79 Å². The average molecular weight is 428 g/mol. The molecule has 2 aliphatic rings. The number of halogens is 1. The zero-order valence-corrected chi connectivity index (χ0v) is 16.8. The molecule has 1 saturated heterocycles. The fourth-order valence-corrected chi connectivity index (χ4v) is 4.64. The maximum Gasteiger partial charge on any atom is 0.320 e. The minimum atomic E-state index is -0.821. The summed E-state index contributed by atoms with van der Waals surface area (Å²) in [5.74, 6) is -0.821. The molecule has 3 unspecified atom stereocenters. The van der Waals surface area contributed by atoms with E-state index in [1.807, 2.05) is 30.3 Å². The van der Waals surface area contributed by atoms with E-state index in [1.165, 1.54) is 11.1 Å². The van der Waals surface area contributed by atoms with Crippen molar-refractivity contribution in [2.24, 2.45) is 0 Å². The molecule has 0 aliphatic carbocycles. The number of carboxylic acids is 1. The van der Waals surface area contributed by atoms with Crippen molar-refractivity contribution >= 4 is 27.6 Å². The van der Waals surface area contributed by atoms with Crippen molar-refractivity contribution < 1.29 is 9.90 Å². The normalized spacial score (nSPS) is 25.2. The smallest absolute Gasteiger partial charge is 0.320 e. The molecular formula is C21H22BrN3O2. The quantitative estimate of drug-likeness (QED) is 0.696. The minimum Gasteiger partial charge on any atom is -0.480 e. The number of carboxylic acid groups (broad SMARTS) is 1. The summed E-state index contributed by atoms with van der Waals surface area (Å²) < 4.78 is 0.925. The Morgan fingerprint density at radius 2 is 1.93 bits per heavy atom. The standard InChI is InChI=1S/C21H22BrN3O2/c1-12-8-9-15(13(2)10-12)17-11-16(21(26)27)23-20-18(22)19(24-25(17)20)14-6-4-3-5-7-14/h3-10,16-17,20,23-24H,11H2,1-2H3,(H,26,27). The number of fused-ring (bicyclic) bond motifs is 1. The second kappa shape index (κ2) is 7.11. The average Bonchev–Trinajstić information content (AvgIpc) is 2.99. The van der Waals surface area contributed by atoms with Crippen molar-refractivity contribution in [1.82, 2.24) is 15.8 Å². The monoisotopic (exact) mass is 427 g/mol. The number of hydrazine groups is 1. The van der Waals surface area contributed by atoms with Crippen molar-refractivity contribution in [2.75, 3.05) is 0 Å². The third-order valence-electron chi connectivity index (χ3n) is 5.30. The van der Waals surface area contributed by atoms with Crippen LogP contribution in [0.2, 0.25) is 0 Å². The first-order chi connectivity index (χ1) is 13.0. The van der Waals surface area contributed by atoms with Gasteiger partial charge in [0.05, 0.1) is 16.2 Å². The molecule has 5 nitrogen and oxygen atoms in total. The minimum absolute atomic E-state index is 0.0493. The first-order valence-electron chi connectivity index (χ1n) is 9.02. The first-order valence-corrected chi connectivity index (χ1v) is 9.81. The summed E-state index contributed by atoms with van der Waals surface area (Å²) >= 11 is 3.71. The molecule has 0 radical (unpaired) electrons. The summed E-state index contributed by atoms with van der Waals surface area (Å²) in [5.41, 5.74) is 9.08. The Bertz CT molecular complexity index is 913. The number of nitrogens with one attached hydrogen (secondary N) is 2. The van der Waals surface area contributed by atoms with Crippen molar-refractivity contribution in [1.29, 1.82) is 0 Å². The Balaban J connectivity index is 1.75. The molecule has 140 valence electrons. The highest BCUT2D eigenvalue weighted by molar-refractivity contribution is 9.11. The number of nitrogens with zero attached hydrogens (tertiary/aromatic N) is 1. The van der Waals surface area contributed by atoms with Gasteiger partial charge in [0.1, 0.15) is 12.2 Å². The number of rotatable bonds is 3. The van der Waals surface area contributed by atoms with Crippen LogP contribution >= 0.6 is 15.9 Å². The van der Waals surface area contributed by atoms with Crippen LogP contribution in [0.1, 0.15) is 34.7 Å². The molecule has 3 atom stereocenters. The number of hydrogen-bond acceptors (Lipinski definition) is 4. The lowest BCUT2D eigenvalue weighted by Gasteiger charge is -2.42. The van der Waals surface area contributed by atoms with E-state index in [4.69, 9.17) is 0 Å². The molecule has 2 aliphatic heterocycles. The van der Waals surface area contributed by atoms with Gasteiger partial charge in [0, 0.05) is 0 Å². The van der Waals surface area contributed by atoms with Crippen LogP contribution in [0.25, 0.3) is 5.70 Å². The topological polar surface area (TPSA) is 64.6 Å². The summed E-state index contributed by atoms with van der Waals surface area (Å²) in [4.78, 5) is 11.8. The van der Waals surface area contributed by atoms with Gasteiger partial charge in [-0.25, -0.2) is 0 Å². The largest absolute Gasteiger partial charge is 0.480 e. The van der Waals surface area contributed by atoms with Gasteiger partial charge in [0.15, 0.2) is 0 Å². The van der Waals surface area contributed by atoms with Gasteiger partial charge in [0.25, 0.3) is 0 Å². The Labute approximate surface area is 167 Å². The Morgan fingerprint density at radius 3 is 2.59 bits per heavy atom. The van der Waals surface area contributed by atoms with Gasteiger partial charge in [-0.1, -0.05) is 70.0 Å². The lowest BCUT2D eigenvalue weighted by atomic mass is 9.91. The van der Waals surface area contributed by atoms with Crippen LogP contribution in [-0.4, -0.2) is 28.3 Å². The van der Waals surface area contributed by atoms with E-state index in [2.05, 4.69) is 63.7 Å². The van der Waals surface area contributed by atoms with E-state index in [0.717, 1.165) is 21.3 Å². The van der Waals surface area contributed by atoms with Crippen LogP contribution in [0, 0.1) is 13.8 Å². The molecule has 4 rings (SSSR count). The van der Waals surface area contributed by atoms with E-state index in [1.54, 1.807) is 0 Å². The van der Waals surface area contributed by atoms with E-state index < -0.39 is 12.0 Å². The van der Waals surface area contributed by atoms with Crippen molar-refractivity contribution in [2.45, 2.75) is 38.5 Å². The van der Waals surface area contributed by atoms with Gasteiger partial charge < -0.3 is 10.5 Å². The van der Waals surface area contributed by atoms with Gasteiger partial charge in [-0.15, -0.1) is 0 Å². The van der Waals surface area contributed by atoms with Gasteiger partial charge in [-0.05, 0) is 37.0 Å². The fraction of sp³-hybridized carbons (Fsp3) is 0.286. The van der Waals surface area contributed by atoms with Crippen LogP contribution in [0.15, 0.2) is 53.0 Å². The highest BCUT2D eigenvalue weighted by Gasteiger charge is 2.45. The van der Waals surface area contributed by atoms with Gasteiger partial charge in [-0.2, -0.15) is 5.01 Å². The molecule has 0 spiro atoms. The summed E-state index contributed by atoms with van der Waals surface area (Å²) in [5, 5.41) is 15.1. The molecule has 0 aromatic heterocycles. The SMILES string of the molecule is Cc1ccc(C2CC(C(=O)O)NC3C(Br)=C(c4ccccc4)NN32)c(C)c1.